The molecule has 9 heteroatoms. The van der Waals surface area contributed by atoms with Gasteiger partial charge in [-0.1, -0.05) is 48.5 Å². The number of thioether (sulfide) groups is 1. The maximum absolute atomic E-state index is 12.7. The van der Waals surface area contributed by atoms with Gasteiger partial charge < -0.3 is 9.47 Å². The third-order valence-corrected chi connectivity index (χ3v) is 6.11. The highest BCUT2D eigenvalue weighted by molar-refractivity contribution is 8.15. The molecular formula is C27H27N5O3S. The molecule has 0 aliphatic rings. The van der Waals surface area contributed by atoms with Crippen LogP contribution < -0.4 is 10.2 Å². The first kappa shape index (κ1) is 25.0. The number of esters is 1. The number of anilines is 1. The monoisotopic (exact) mass is 501 g/mol. The topological polar surface area (TPSA) is 90.6 Å². The lowest BCUT2D eigenvalue weighted by Gasteiger charge is -2.11. The fourth-order valence-electron chi connectivity index (χ4n) is 3.44. The predicted molar refractivity (Wildman–Crippen MR) is 142 cm³/mol. The van der Waals surface area contributed by atoms with Crippen molar-refractivity contribution in [3.63, 3.8) is 0 Å². The van der Waals surface area contributed by atoms with Crippen molar-refractivity contribution in [2.75, 3.05) is 19.1 Å². The lowest BCUT2D eigenvalue weighted by atomic mass is 10.1. The van der Waals surface area contributed by atoms with Crippen molar-refractivity contribution in [1.82, 2.24) is 14.8 Å². The first-order valence-electron chi connectivity index (χ1n) is 11.5. The summed E-state index contributed by atoms with van der Waals surface area (Å²) < 4.78 is 12.4. The van der Waals surface area contributed by atoms with E-state index < -0.39 is 5.97 Å². The van der Waals surface area contributed by atoms with Crippen LogP contribution in [0.5, 0.6) is 5.75 Å². The van der Waals surface area contributed by atoms with Gasteiger partial charge in [-0.05, 0) is 67.1 Å². The van der Waals surface area contributed by atoms with Gasteiger partial charge in [0.15, 0.2) is 0 Å². The van der Waals surface area contributed by atoms with Crippen molar-refractivity contribution in [3.8, 4) is 11.4 Å². The molecule has 184 valence electrons. The Hall–Kier alpha value is -4.11. The average molecular weight is 502 g/mol. The molecule has 0 aliphatic carbocycles. The Labute approximate surface area is 214 Å². The largest absolute Gasteiger partial charge is 0.497 e. The number of hydrogen-bond acceptors (Lipinski definition) is 8. The van der Waals surface area contributed by atoms with Crippen molar-refractivity contribution in [3.05, 3.63) is 96.3 Å². The molecular weight excluding hydrogens is 474 g/mol. The van der Waals surface area contributed by atoms with Gasteiger partial charge in [-0.15, -0.1) is 10.2 Å². The van der Waals surface area contributed by atoms with Crippen LogP contribution in [-0.2, 0) is 22.4 Å². The van der Waals surface area contributed by atoms with Crippen LogP contribution >= 0.6 is 11.8 Å². The van der Waals surface area contributed by atoms with E-state index in [2.05, 4.69) is 32.9 Å². The first-order valence-corrected chi connectivity index (χ1v) is 12.4. The minimum Gasteiger partial charge on any atom is -0.497 e. The molecule has 0 radical (unpaired) electrons. The minimum atomic E-state index is -0.544. The van der Waals surface area contributed by atoms with E-state index >= 15 is 0 Å². The van der Waals surface area contributed by atoms with Crippen molar-refractivity contribution in [1.29, 1.82) is 0 Å². The molecule has 0 unspecified atom stereocenters. The van der Waals surface area contributed by atoms with E-state index in [9.17, 15) is 4.79 Å². The van der Waals surface area contributed by atoms with Gasteiger partial charge in [-0.3, -0.25) is 9.99 Å². The lowest BCUT2D eigenvalue weighted by molar-refractivity contribution is -0.134. The number of rotatable bonds is 9. The van der Waals surface area contributed by atoms with E-state index in [4.69, 9.17) is 9.47 Å². The number of benzene rings is 3. The van der Waals surface area contributed by atoms with Gasteiger partial charge in [-0.2, -0.15) is 5.10 Å². The van der Waals surface area contributed by atoms with Gasteiger partial charge in [0.25, 0.3) is 0 Å². The summed E-state index contributed by atoms with van der Waals surface area (Å²) in [4.78, 5) is 12.7. The molecule has 0 atom stereocenters. The SMILES string of the molecule is CCOC(=O)C(=NNc1ccc(OC)cc1)Sc1nnc(CCc2ccccc2)n1-c1ccccc1. The van der Waals surface area contributed by atoms with Crippen LogP contribution in [0.25, 0.3) is 5.69 Å². The molecule has 36 heavy (non-hydrogen) atoms. The second kappa shape index (κ2) is 12.6. The van der Waals surface area contributed by atoms with E-state index in [1.165, 1.54) is 5.56 Å². The van der Waals surface area contributed by atoms with Crippen LogP contribution in [0.4, 0.5) is 5.69 Å². The number of methoxy groups -OCH3 is 1. The Morgan fingerprint density at radius 1 is 0.944 bits per heavy atom. The first-order chi connectivity index (χ1) is 17.7. The number of nitrogens with zero attached hydrogens (tertiary/aromatic N) is 4. The van der Waals surface area contributed by atoms with Gasteiger partial charge in [0, 0.05) is 12.1 Å². The summed E-state index contributed by atoms with van der Waals surface area (Å²) in [5, 5.41) is 13.8. The van der Waals surface area contributed by atoms with Crippen molar-refractivity contribution >= 4 is 28.5 Å². The number of aryl methyl sites for hydroxylation is 2. The van der Waals surface area contributed by atoms with Gasteiger partial charge in [0.1, 0.15) is 11.6 Å². The van der Waals surface area contributed by atoms with Crippen LogP contribution in [0, 0.1) is 0 Å². The number of carbonyl (C=O) groups excluding carboxylic acids is 1. The second-order valence-electron chi connectivity index (χ2n) is 7.64. The van der Waals surface area contributed by atoms with Crippen LogP contribution in [0.1, 0.15) is 18.3 Å². The molecule has 0 aliphatic heterocycles. The molecule has 0 bridgehead atoms. The maximum Gasteiger partial charge on any atom is 0.365 e. The lowest BCUT2D eigenvalue weighted by Crippen LogP contribution is -2.17. The zero-order chi connectivity index (χ0) is 25.2. The maximum atomic E-state index is 12.7. The van der Waals surface area contributed by atoms with Gasteiger partial charge >= 0.3 is 5.97 Å². The Morgan fingerprint density at radius 2 is 1.64 bits per heavy atom. The Balaban J connectivity index is 1.62. The van der Waals surface area contributed by atoms with Crippen LogP contribution in [0.15, 0.2) is 95.2 Å². The minimum absolute atomic E-state index is 0.117. The highest BCUT2D eigenvalue weighted by atomic mass is 32.2. The highest BCUT2D eigenvalue weighted by Gasteiger charge is 2.22. The zero-order valence-corrected chi connectivity index (χ0v) is 20.9. The molecule has 1 heterocycles. The molecule has 1 N–H and O–H groups in total. The molecule has 0 amide bonds. The van der Waals surface area contributed by atoms with E-state index in [1.54, 1.807) is 26.2 Å². The summed E-state index contributed by atoms with van der Waals surface area (Å²) in [7, 11) is 1.60. The Bertz CT molecular complexity index is 1290. The van der Waals surface area contributed by atoms with Gasteiger partial charge in [0.2, 0.25) is 10.2 Å². The van der Waals surface area contributed by atoms with E-state index in [1.807, 2.05) is 65.2 Å². The zero-order valence-electron chi connectivity index (χ0n) is 20.1. The fourth-order valence-corrected chi connectivity index (χ4v) is 4.23. The average Bonchev–Trinajstić information content (AvgIpc) is 3.33. The number of carbonyl (C=O) groups is 1. The highest BCUT2D eigenvalue weighted by Crippen LogP contribution is 2.25. The van der Waals surface area contributed by atoms with Crippen LogP contribution in [0.3, 0.4) is 0 Å². The fraction of sp³-hybridized carbons (Fsp3) is 0.185. The summed E-state index contributed by atoms with van der Waals surface area (Å²) in [5.74, 6) is 0.972. The third kappa shape index (κ3) is 6.51. The molecule has 0 fully saturated rings. The molecule has 3 aromatic carbocycles. The Morgan fingerprint density at radius 3 is 2.31 bits per heavy atom. The number of hydrogen-bond donors (Lipinski definition) is 1. The number of aromatic nitrogens is 3. The van der Waals surface area contributed by atoms with Crippen molar-refractivity contribution in [2.45, 2.75) is 24.9 Å². The summed E-state index contributed by atoms with van der Waals surface area (Å²) in [6.45, 7) is 1.99. The molecule has 0 spiro atoms. The van der Waals surface area contributed by atoms with Crippen LogP contribution in [0.2, 0.25) is 0 Å². The second-order valence-corrected chi connectivity index (χ2v) is 8.59. The van der Waals surface area contributed by atoms with Gasteiger partial charge in [-0.25, -0.2) is 4.79 Å². The third-order valence-electron chi connectivity index (χ3n) is 5.21. The van der Waals surface area contributed by atoms with E-state index in [-0.39, 0.29) is 11.7 Å². The molecule has 1 aromatic heterocycles. The molecule has 0 saturated heterocycles. The Kier molecular flexibility index (Phi) is 8.72. The number of ether oxygens (including phenoxy) is 2. The summed E-state index contributed by atoms with van der Waals surface area (Å²) in [6, 6.07) is 27.3. The number of nitrogens with one attached hydrogen (secondary N) is 1. The number of hydrazone groups is 1. The summed E-state index contributed by atoms with van der Waals surface area (Å²) >= 11 is 1.11. The smallest absolute Gasteiger partial charge is 0.365 e. The van der Waals surface area contributed by atoms with Gasteiger partial charge in [0.05, 0.1) is 19.4 Å². The molecule has 8 nitrogen and oxygen atoms in total. The van der Waals surface area contributed by atoms with Crippen LogP contribution in [-0.4, -0.2) is 39.5 Å². The van der Waals surface area contributed by atoms with Crippen molar-refractivity contribution in [2.24, 2.45) is 5.10 Å². The quantitative estimate of drug-likeness (QED) is 0.112. The van der Waals surface area contributed by atoms with Crippen molar-refractivity contribution < 1.29 is 14.3 Å². The van der Waals surface area contributed by atoms with E-state index in [0.29, 0.717) is 17.3 Å². The molecule has 0 saturated carbocycles. The summed E-state index contributed by atoms with van der Waals surface area (Å²) in [5.41, 5.74) is 5.74. The van der Waals surface area contributed by atoms with E-state index in [0.717, 1.165) is 35.4 Å². The summed E-state index contributed by atoms with van der Waals surface area (Å²) in [6.07, 6.45) is 1.50. The number of para-hydroxylation sites is 1. The normalized spacial score (nSPS) is 11.2. The predicted octanol–water partition coefficient (Wildman–Crippen LogP) is 5.14. The molecule has 4 rings (SSSR count). The standard InChI is InChI=1S/C27H27N5O3S/c1-3-35-26(33)25(30-28-21-15-17-23(34-2)18-16-21)36-27-31-29-24(19-14-20-10-6-4-7-11-20)32(27)22-12-8-5-9-13-22/h4-13,15-18,28H,3,14,19H2,1-2H3. The molecule has 4 aromatic rings.